The number of benzene rings is 2. The summed E-state index contributed by atoms with van der Waals surface area (Å²) in [6.45, 7) is -1.69. The average molecular weight is 635 g/mol. The number of aliphatic hydroxyl groups excluding tert-OH is 1. The molecule has 2 heterocycles. The number of ether oxygens (including phenoxy) is 1. The minimum absolute atomic E-state index is 0.00418. The van der Waals surface area contributed by atoms with Crippen molar-refractivity contribution < 1.29 is 55.7 Å². The van der Waals surface area contributed by atoms with Crippen LogP contribution in [0.3, 0.4) is 0 Å². The van der Waals surface area contributed by atoms with E-state index >= 15 is 0 Å². The van der Waals surface area contributed by atoms with Crippen LogP contribution in [-0.2, 0) is 22.3 Å². The molecular weight excluding hydrogens is 615 g/mol. The third-order valence-corrected chi connectivity index (χ3v) is 6.23. The van der Waals surface area contributed by atoms with Crippen LogP contribution in [0.1, 0.15) is 33.5 Å². The number of oxazole rings is 1. The summed E-state index contributed by atoms with van der Waals surface area (Å²) in [7, 11) is 1.19. The first-order valence-electron chi connectivity index (χ1n) is 12.6. The number of fused-ring (bicyclic) bond motifs is 1. The van der Waals surface area contributed by atoms with Gasteiger partial charge in [0.15, 0.2) is 11.5 Å². The Labute approximate surface area is 248 Å². The molecule has 4 rings (SSSR count). The van der Waals surface area contributed by atoms with E-state index < -0.39 is 77.8 Å². The number of aliphatic carboxylic acids is 1. The Morgan fingerprint density at radius 3 is 2.47 bits per heavy atom. The fourth-order valence-electron chi connectivity index (χ4n) is 4.09. The number of nitrogens with zero attached hydrogens (tertiary/aromatic N) is 3. The third-order valence-electron chi connectivity index (χ3n) is 6.23. The Balaban J connectivity index is 1.84. The number of rotatable bonds is 10. The third kappa shape index (κ3) is 7.05. The monoisotopic (exact) mass is 635 g/mol. The zero-order chi connectivity index (χ0) is 33.1. The molecule has 236 valence electrons. The zero-order valence-corrected chi connectivity index (χ0v) is 22.8. The molecule has 0 saturated heterocycles. The predicted molar refractivity (Wildman–Crippen MR) is 143 cm³/mol. The number of aliphatic hydroxyl groups is 1. The van der Waals surface area contributed by atoms with Crippen molar-refractivity contribution in [2.24, 2.45) is 0 Å². The Bertz CT molecular complexity index is 1810. The lowest BCUT2D eigenvalue weighted by molar-refractivity contribution is -0.141. The van der Waals surface area contributed by atoms with Crippen molar-refractivity contribution >= 4 is 28.7 Å². The second-order valence-electron chi connectivity index (χ2n) is 9.09. The molecule has 17 heteroatoms. The van der Waals surface area contributed by atoms with Gasteiger partial charge in [0.25, 0.3) is 5.91 Å². The molecule has 3 N–H and O–H groups in total. The van der Waals surface area contributed by atoms with Crippen molar-refractivity contribution in [3.63, 3.8) is 0 Å². The lowest BCUT2D eigenvalue weighted by atomic mass is 10.1. The number of hydroxylamine groups is 2. The number of amides is 2. The summed E-state index contributed by atoms with van der Waals surface area (Å²) in [5, 5.41) is 33.5. The fraction of sp³-hybridized carbons (Fsp3) is 0.179. The van der Waals surface area contributed by atoms with Gasteiger partial charge in [-0.1, -0.05) is 6.07 Å². The van der Waals surface area contributed by atoms with Crippen LogP contribution in [-0.4, -0.2) is 56.7 Å². The molecule has 12 nitrogen and oxygen atoms in total. The molecule has 2 amide bonds. The minimum Gasteiger partial charge on any atom is -0.755 e. The lowest BCUT2D eigenvalue weighted by Gasteiger charge is -2.33. The van der Waals surface area contributed by atoms with E-state index in [0.29, 0.717) is 24.3 Å². The molecule has 0 fully saturated rings. The van der Waals surface area contributed by atoms with Gasteiger partial charge >= 0.3 is 12.1 Å². The summed E-state index contributed by atoms with van der Waals surface area (Å²) in [6, 6.07) is 4.80. The average Bonchev–Trinajstić information content (AvgIpc) is 3.43. The first-order chi connectivity index (χ1) is 21.2. The largest absolute Gasteiger partial charge is 0.755 e. The molecule has 4 aromatic rings. The number of hydrogen-bond donors (Lipinski definition) is 3. The highest BCUT2D eigenvalue weighted by atomic mass is 19.4. The van der Waals surface area contributed by atoms with E-state index in [0.717, 1.165) is 18.2 Å². The number of carboxylic acids is 1. The van der Waals surface area contributed by atoms with Gasteiger partial charge in [0.05, 0.1) is 13.7 Å². The zero-order valence-electron chi connectivity index (χ0n) is 22.8. The van der Waals surface area contributed by atoms with Crippen LogP contribution in [0.15, 0.2) is 59.0 Å². The van der Waals surface area contributed by atoms with Gasteiger partial charge in [-0.05, 0) is 30.3 Å². The molecular formula is C28H20F5N4O8-. The highest BCUT2D eigenvalue weighted by Gasteiger charge is 2.34. The number of carbonyl (C=O) groups is 3. The van der Waals surface area contributed by atoms with E-state index in [4.69, 9.17) is 14.3 Å². The van der Waals surface area contributed by atoms with E-state index in [2.05, 4.69) is 15.3 Å². The summed E-state index contributed by atoms with van der Waals surface area (Å²) >= 11 is 0. The smallest absolute Gasteiger partial charge is 0.433 e. The second-order valence-corrected chi connectivity index (χ2v) is 9.09. The fourth-order valence-corrected chi connectivity index (χ4v) is 4.09. The van der Waals surface area contributed by atoms with Gasteiger partial charge in [0.2, 0.25) is 11.8 Å². The van der Waals surface area contributed by atoms with Crippen LogP contribution >= 0.6 is 0 Å². The molecule has 45 heavy (non-hydrogen) atoms. The highest BCUT2D eigenvalue weighted by Crippen LogP contribution is 2.38. The van der Waals surface area contributed by atoms with Gasteiger partial charge < -0.3 is 35.0 Å². The summed E-state index contributed by atoms with van der Waals surface area (Å²) in [6.07, 6.45) is -4.08. The van der Waals surface area contributed by atoms with Crippen molar-refractivity contribution in [2.45, 2.75) is 18.8 Å². The second kappa shape index (κ2) is 13.1. The Morgan fingerprint density at radius 1 is 1.11 bits per heavy atom. The number of methoxy groups -OCH3 is 1. The van der Waals surface area contributed by atoms with Crippen LogP contribution < -0.4 is 10.1 Å². The van der Waals surface area contributed by atoms with Gasteiger partial charge in [-0.25, -0.2) is 23.5 Å². The van der Waals surface area contributed by atoms with Gasteiger partial charge in [-0.2, -0.15) is 13.2 Å². The normalized spacial score (nSPS) is 12.4. The number of carboxylic acid groups (broad SMARTS) is 1. The molecule has 1 atom stereocenters. The van der Waals surface area contributed by atoms with E-state index in [1.165, 1.54) is 19.2 Å². The standard InChI is InChI=1S/C28H20F5N4O8/c1-44-19-6-4-16(15-5-7-20(28(31,32)33)35-23(15)19)27-36-24(26(42)34-11-13-2-3-14(29)10-17(13)30)25(45-27)18(12-38)37(43)21(39)8-9-22(40)41/h2-10,18,38H,11-12H2,1H3,(H,34,42)(H,40,41)/q-1/b9-8+/t18-/m0/s1. The molecule has 0 aliphatic heterocycles. The first kappa shape index (κ1) is 32.5. The minimum atomic E-state index is -4.81. The predicted octanol–water partition coefficient (Wildman–Crippen LogP) is 4.13. The van der Waals surface area contributed by atoms with Crippen LogP contribution in [0.2, 0.25) is 0 Å². The van der Waals surface area contributed by atoms with E-state index in [9.17, 15) is 46.6 Å². The number of pyridine rings is 1. The number of nitrogens with one attached hydrogen (secondary N) is 1. The maximum absolute atomic E-state index is 14.1. The molecule has 0 radical (unpaired) electrons. The lowest BCUT2D eigenvalue weighted by Crippen LogP contribution is -2.33. The number of carbonyl (C=O) groups excluding carboxylic acids is 2. The molecule has 2 aromatic carbocycles. The molecule has 0 aliphatic carbocycles. The van der Waals surface area contributed by atoms with Gasteiger partial charge in [0, 0.05) is 41.3 Å². The van der Waals surface area contributed by atoms with Crippen molar-refractivity contribution in [2.75, 3.05) is 13.7 Å². The Kier molecular flexibility index (Phi) is 9.43. The van der Waals surface area contributed by atoms with E-state index in [1.807, 2.05) is 0 Å². The maximum atomic E-state index is 14.1. The van der Waals surface area contributed by atoms with Crippen molar-refractivity contribution in [3.8, 4) is 17.2 Å². The van der Waals surface area contributed by atoms with Crippen molar-refractivity contribution in [3.05, 3.63) is 94.2 Å². The molecule has 0 spiro atoms. The summed E-state index contributed by atoms with van der Waals surface area (Å²) in [4.78, 5) is 44.0. The number of alkyl halides is 3. The van der Waals surface area contributed by atoms with Crippen LogP contribution in [0, 0.1) is 16.8 Å². The Morgan fingerprint density at radius 2 is 1.84 bits per heavy atom. The molecule has 2 aromatic heterocycles. The summed E-state index contributed by atoms with van der Waals surface area (Å²) < 4.78 is 78.4. The van der Waals surface area contributed by atoms with E-state index in [-0.39, 0.29) is 32.8 Å². The van der Waals surface area contributed by atoms with E-state index in [1.54, 1.807) is 0 Å². The number of aromatic nitrogens is 2. The Hall–Kier alpha value is -5.42. The van der Waals surface area contributed by atoms with Crippen LogP contribution in [0.5, 0.6) is 5.75 Å². The van der Waals surface area contributed by atoms with Gasteiger partial charge in [-0.3, -0.25) is 9.59 Å². The van der Waals surface area contributed by atoms with Gasteiger partial charge in [0.1, 0.15) is 34.6 Å². The highest BCUT2D eigenvalue weighted by molar-refractivity contribution is 5.98. The molecule has 0 aliphatic rings. The summed E-state index contributed by atoms with van der Waals surface area (Å²) in [5.41, 5.74) is -2.43. The first-order valence-corrected chi connectivity index (χ1v) is 12.6. The van der Waals surface area contributed by atoms with Crippen molar-refractivity contribution in [1.29, 1.82) is 0 Å². The maximum Gasteiger partial charge on any atom is 0.433 e. The van der Waals surface area contributed by atoms with Crippen molar-refractivity contribution in [1.82, 2.24) is 20.3 Å². The topological polar surface area (TPSA) is 178 Å². The number of halogens is 5. The quantitative estimate of drug-likeness (QED) is 0.130. The van der Waals surface area contributed by atoms with Crippen LogP contribution in [0.25, 0.3) is 22.4 Å². The summed E-state index contributed by atoms with van der Waals surface area (Å²) in [5.74, 6) is -7.29. The molecule has 0 saturated carbocycles. The van der Waals surface area contributed by atoms with Gasteiger partial charge in [-0.15, -0.1) is 0 Å². The number of hydrogen-bond acceptors (Lipinski definition) is 9. The SMILES string of the molecule is COc1ccc(-c2nc(C(=O)NCc3ccc(F)cc3F)c([C@H](CO)N([O-])C(=O)/C=C/C(=O)O)o2)c2ccc(C(F)(F)F)nc12. The molecule has 0 unspecified atom stereocenters. The van der Waals surface area contributed by atoms with Crippen LogP contribution in [0.4, 0.5) is 22.0 Å². The molecule has 0 bridgehead atoms.